The van der Waals surface area contributed by atoms with Gasteiger partial charge in [0.2, 0.25) is 0 Å². The first-order valence-electron chi connectivity index (χ1n) is 8.85. The SMILES string of the molecule is CCCCC1CCC(CCl)(Cc2ccc(CC)cc2)CC1. The van der Waals surface area contributed by atoms with Crippen molar-refractivity contribution in [2.45, 2.75) is 71.6 Å². The molecule has 0 radical (unpaired) electrons. The maximum absolute atomic E-state index is 6.40. The summed E-state index contributed by atoms with van der Waals surface area (Å²) >= 11 is 6.40. The number of hydrogen-bond donors (Lipinski definition) is 0. The van der Waals surface area contributed by atoms with E-state index in [0.717, 1.165) is 18.2 Å². The molecule has 1 aromatic carbocycles. The van der Waals surface area contributed by atoms with E-state index >= 15 is 0 Å². The van der Waals surface area contributed by atoms with E-state index in [1.54, 1.807) is 0 Å². The molecule has 0 bridgehead atoms. The van der Waals surface area contributed by atoms with Crippen LogP contribution < -0.4 is 0 Å². The van der Waals surface area contributed by atoms with Crippen molar-refractivity contribution in [3.8, 4) is 0 Å². The molecule has 0 spiro atoms. The van der Waals surface area contributed by atoms with Crippen LogP contribution in [0.25, 0.3) is 0 Å². The third-order valence-corrected chi connectivity index (χ3v) is 5.99. The third-order valence-electron chi connectivity index (χ3n) is 5.43. The van der Waals surface area contributed by atoms with E-state index in [9.17, 15) is 0 Å². The second-order valence-corrected chi connectivity index (χ2v) is 7.33. The quantitative estimate of drug-likeness (QED) is 0.511. The lowest BCUT2D eigenvalue weighted by atomic mass is 9.68. The van der Waals surface area contributed by atoms with E-state index in [0.29, 0.717) is 5.41 Å². The summed E-state index contributed by atoms with van der Waals surface area (Å²) < 4.78 is 0. The Kier molecular flexibility index (Phi) is 6.61. The van der Waals surface area contributed by atoms with Gasteiger partial charge in [0.25, 0.3) is 0 Å². The van der Waals surface area contributed by atoms with Crippen molar-refractivity contribution in [1.82, 2.24) is 0 Å². The number of hydrogen-bond acceptors (Lipinski definition) is 0. The zero-order valence-electron chi connectivity index (χ0n) is 13.8. The van der Waals surface area contributed by atoms with Crippen LogP contribution in [0.15, 0.2) is 24.3 Å². The van der Waals surface area contributed by atoms with Gasteiger partial charge in [-0.05, 0) is 61.0 Å². The van der Waals surface area contributed by atoms with Gasteiger partial charge in [-0.25, -0.2) is 0 Å². The van der Waals surface area contributed by atoms with Crippen LogP contribution in [0.5, 0.6) is 0 Å². The fraction of sp³-hybridized carbons (Fsp3) is 0.700. The molecule has 0 saturated heterocycles. The molecule has 1 fully saturated rings. The van der Waals surface area contributed by atoms with Crippen molar-refractivity contribution in [3.63, 3.8) is 0 Å². The van der Waals surface area contributed by atoms with Crippen LogP contribution in [0.1, 0.15) is 69.9 Å². The average Bonchev–Trinajstić information content (AvgIpc) is 2.55. The topological polar surface area (TPSA) is 0 Å². The van der Waals surface area contributed by atoms with Crippen LogP contribution in [0.2, 0.25) is 0 Å². The molecule has 0 amide bonds. The van der Waals surface area contributed by atoms with Gasteiger partial charge in [-0.1, -0.05) is 57.4 Å². The molecule has 118 valence electrons. The number of aryl methyl sites for hydroxylation is 1. The zero-order chi connectivity index (χ0) is 15.1. The van der Waals surface area contributed by atoms with Gasteiger partial charge in [-0.2, -0.15) is 0 Å². The summed E-state index contributed by atoms with van der Waals surface area (Å²) in [6.45, 7) is 4.51. The Morgan fingerprint density at radius 2 is 1.67 bits per heavy atom. The van der Waals surface area contributed by atoms with E-state index in [1.165, 1.54) is 62.5 Å². The Bertz CT molecular complexity index is 398. The smallest absolute Gasteiger partial charge is 0.0283 e. The van der Waals surface area contributed by atoms with Crippen molar-refractivity contribution in [2.24, 2.45) is 11.3 Å². The van der Waals surface area contributed by atoms with Gasteiger partial charge in [-0.15, -0.1) is 11.6 Å². The average molecular weight is 307 g/mol. The predicted octanol–water partition coefficient (Wildman–Crippen LogP) is 6.40. The Balaban J connectivity index is 1.93. The van der Waals surface area contributed by atoms with Crippen molar-refractivity contribution in [3.05, 3.63) is 35.4 Å². The van der Waals surface area contributed by atoms with E-state index in [4.69, 9.17) is 11.6 Å². The molecule has 0 aliphatic heterocycles. The van der Waals surface area contributed by atoms with E-state index in [1.807, 2.05) is 0 Å². The minimum absolute atomic E-state index is 0.359. The van der Waals surface area contributed by atoms with E-state index < -0.39 is 0 Å². The Morgan fingerprint density at radius 3 is 2.19 bits per heavy atom. The Labute approximate surface area is 136 Å². The zero-order valence-corrected chi connectivity index (χ0v) is 14.6. The first kappa shape index (κ1) is 16.9. The highest BCUT2D eigenvalue weighted by molar-refractivity contribution is 6.18. The van der Waals surface area contributed by atoms with Crippen LogP contribution in [0.4, 0.5) is 0 Å². The molecule has 0 atom stereocenters. The van der Waals surface area contributed by atoms with Gasteiger partial charge in [0.05, 0.1) is 0 Å². The Morgan fingerprint density at radius 1 is 1.05 bits per heavy atom. The molecule has 0 aromatic heterocycles. The summed E-state index contributed by atoms with van der Waals surface area (Å²) in [6.07, 6.45) is 11.9. The summed E-state index contributed by atoms with van der Waals surface area (Å²) in [5, 5.41) is 0. The van der Waals surface area contributed by atoms with Crippen molar-refractivity contribution in [2.75, 3.05) is 5.88 Å². The maximum atomic E-state index is 6.40. The molecule has 1 saturated carbocycles. The van der Waals surface area contributed by atoms with Crippen LogP contribution in [-0.4, -0.2) is 5.88 Å². The summed E-state index contributed by atoms with van der Waals surface area (Å²) in [7, 11) is 0. The molecule has 0 N–H and O–H groups in total. The molecule has 21 heavy (non-hydrogen) atoms. The lowest BCUT2D eigenvalue weighted by molar-refractivity contribution is 0.166. The molecular weight excluding hydrogens is 276 g/mol. The number of halogens is 1. The highest BCUT2D eigenvalue weighted by Crippen LogP contribution is 2.43. The second kappa shape index (κ2) is 8.22. The highest BCUT2D eigenvalue weighted by atomic mass is 35.5. The van der Waals surface area contributed by atoms with Crippen molar-refractivity contribution < 1.29 is 0 Å². The van der Waals surface area contributed by atoms with Crippen LogP contribution in [0.3, 0.4) is 0 Å². The maximum Gasteiger partial charge on any atom is 0.0283 e. The van der Waals surface area contributed by atoms with E-state index in [-0.39, 0.29) is 0 Å². The molecular formula is C20H31Cl. The lowest BCUT2D eigenvalue weighted by Crippen LogP contribution is -2.31. The largest absolute Gasteiger partial charge is 0.126 e. The molecule has 0 unspecified atom stereocenters. The standard InChI is InChI=1S/C20H31Cl/c1-3-5-6-18-11-13-20(16-21,14-12-18)15-19-9-7-17(4-2)8-10-19/h7-10,18H,3-6,11-16H2,1-2H3. The molecule has 0 heterocycles. The fourth-order valence-corrected chi connectivity index (χ4v) is 4.12. The van der Waals surface area contributed by atoms with Crippen LogP contribution in [-0.2, 0) is 12.8 Å². The Hall–Kier alpha value is -0.490. The summed E-state index contributed by atoms with van der Waals surface area (Å²) in [6, 6.07) is 9.20. The van der Waals surface area contributed by atoms with Crippen molar-refractivity contribution >= 4 is 11.6 Å². The highest BCUT2D eigenvalue weighted by Gasteiger charge is 2.34. The molecule has 0 nitrogen and oxygen atoms in total. The number of alkyl halides is 1. The van der Waals surface area contributed by atoms with E-state index in [2.05, 4.69) is 38.1 Å². The van der Waals surface area contributed by atoms with Gasteiger partial charge in [0, 0.05) is 5.88 Å². The molecule has 1 aliphatic carbocycles. The van der Waals surface area contributed by atoms with Gasteiger partial charge in [0.15, 0.2) is 0 Å². The normalized spacial score (nSPS) is 26.0. The first-order valence-corrected chi connectivity index (χ1v) is 9.38. The van der Waals surface area contributed by atoms with Gasteiger partial charge >= 0.3 is 0 Å². The van der Waals surface area contributed by atoms with Gasteiger partial charge in [-0.3, -0.25) is 0 Å². The molecule has 1 aliphatic rings. The lowest BCUT2D eigenvalue weighted by Gasteiger charge is -2.39. The summed E-state index contributed by atoms with van der Waals surface area (Å²) in [5.41, 5.74) is 3.26. The van der Waals surface area contributed by atoms with Gasteiger partial charge < -0.3 is 0 Å². The minimum atomic E-state index is 0.359. The minimum Gasteiger partial charge on any atom is -0.126 e. The van der Waals surface area contributed by atoms with Crippen LogP contribution >= 0.6 is 11.6 Å². The van der Waals surface area contributed by atoms with Crippen LogP contribution in [0, 0.1) is 11.3 Å². The predicted molar refractivity (Wildman–Crippen MR) is 94.2 cm³/mol. The molecule has 1 heteroatoms. The summed E-state index contributed by atoms with van der Waals surface area (Å²) in [4.78, 5) is 0. The summed E-state index contributed by atoms with van der Waals surface area (Å²) in [5.74, 6) is 1.78. The molecule has 2 rings (SSSR count). The van der Waals surface area contributed by atoms with Crippen molar-refractivity contribution in [1.29, 1.82) is 0 Å². The number of benzene rings is 1. The third kappa shape index (κ3) is 4.74. The molecule has 1 aromatic rings. The van der Waals surface area contributed by atoms with Gasteiger partial charge in [0.1, 0.15) is 0 Å². The monoisotopic (exact) mass is 306 g/mol. The number of rotatable bonds is 7. The fourth-order valence-electron chi connectivity index (χ4n) is 3.75. The first-order chi connectivity index (χ1) is 10.2. The second-order valence-electron chi connectivity index (χ2n) is 7.07. The number of unbranched alkanes of at least 4 members (excludes halogenated alkanes) is 1.